The van der Waals surface area contributed by atoms with Crippen LogP contribution in [0.1, 0.15) is 26.7 Å². The highest BCUT2D eigenvalue weighted by atomic mass is 16.7. The first-order chi connectivity index (χ1) is 12.8. The van der Waals surface area contributed by atoms with E-state index < -0.39 is 0 Å². The molecule has 144 valence electrons. The molecule has 1 unspecified atom stereocenters. The van der Waals surface area contributed by atoms with Gasteiger partial charge < -0.3 is 24.8 Å². The topological polar surface area (TPSA) is 67.4 Å². The summed E-state index contributed by atoms with van der Waals surface area (Å²) in [4.78, 5) is 7.26. The number of nitrogens with zero attached hydrogens (tertiary/aromatic N) is 2. The normalized spacial score (nSPS) is 19.6. The number of likely N-dealkylation sites (N-methyl/N-ethyl adjacent to an activating group) is 1. The Morgan fingerprint density at radius 1 is 1.27 bits per heavy atom. The number of aliphatic imine (C=N–C) groups is 1. The average molecular weight is 362 g/mol. The van der Waals surface area contributed by atoms with Crippen molar-refractivity contribution < 1.29 is 14.2 Å². The molecule has 1 aromatic carbocycles. The number of nitrogens with one attached hydrogen (secondary N) is 2. The Kier molecular flexibility index (Phi) is 6.82. The van der Waals surface area contributed by atoms with E-state index in [2.05, 4.69) is 29.4 Å². The van der Waals surface area contributed by atoms with Crippen molar-refractivity contribution in [3.8, 4) is 17.2 Å². The highest BCUT2D eigenvalue weighted by Crippen LogP contribution is 2.34. The molecular weight excluding hydrogens is 332 g/mol. The summed E-state index contributed by atoms with van der Waals surface area (Å²) in [7, 11) is 0. The molecule has 0 bridgehead atoms. The first-order valence-corrected chi connectivity index (χ1v) is 9.58. The van der Waals surface area contributed by atoms with Gasteiger partial charge in [0.15, 0.2) is 17.5 Å². The van der Waals surface area contributed by atoms with Crippen LogP contribution in [-0.4, -0.2) is 63.0 Å². The van der Waals surface area contributed by atoms with Gasteiger partial charge in [-0.15, -0.1) is 0 Å². The average Bonchev–Trinajstić information content (AvgIpc) is 3.31. The van der Waals surface area contributed by atoms with Crippen LogP contribution in [0.3, 0.4) is 0 Å². The van der Waals surface area contributed by atoms with E-state index in [0.29, 0.717) is 19.2 Å². The highest BCUT2D eigenvalue weighted by molar-refractivity contribution is 5.79. The van der Waals surface area contributed by atoms with E-state index in [1.807, 2.05) is 18.2 Å². The lowest BCUT2D eigenvalue weighted by molar-refractivity contribution is 0.173. The second kappa shape index (κ2) is 9.52. The van der Waals surface area contributed by atoms with E-state index in [1.54, 1.807) is 0 Å². The lowest BCUT2D eigenvalue weighted by Gasteiger charge is -2.21. The molecule has 7 heteroatoms. The molecule has 0 spiro atoms. The number of rotatable bonds is 8. The molecule has 2 aliphatic heterocycles. The largest absolute Gasteiger partial charge is 0.492 e. The van der Waals surface area contributed by atoms with Crippen molar-refractivity contribution in [1.82, 2.24) is 15.5 Å². The van der Waals surface area contributed by atoms with E-state index >= 15 is 0 Å². The molecule has 2 aliphatic rings. The number of benzene rings is 1. The Morgan fingerprint density at radius 3 is 3.00 bits per heavy atom. The van der Waals surface area contributed by atoms with Crippen molar-refractivity contribution >= 4 is 5.96 Å². The van der Waals surface area contributed by atoms with Crippen LogP contribution >= 0.6 is 0 Å². The molecular formula is C19H30N4O3. The summed E-state index contributed by atoms with van der Waals surface area (Å²) in [6.45, 7) is 9.80. The summed E-state index contributed by atoms with van der Waals surface area (Å²) in [5, 5.41) is 6.64. The van der Waals surface area contributed by atoms with Gasteiger partial charge in [-0.1, -0.05) is 6.92 Å². The van der Waals surface area contributed by atoms with Gasteiger partial charge in [0.05, 0.1) is 13.1 Å². The Hall–Kier alpha value is -2.15. The smallest absolute Gasteiger partial charge is 0.231 e. The van der Waals surface area contributed by atoms with Crippen molar-refractivity contribution in [3.05, 3.63) is 18.2 Å². The van der Waals surface area contributed by atoms with Crippen molar-refractivity contribution in [2.75, 3.05) is 46.1 Å². The van der Waals surface area contributed by atoms with E-state index in [1.165, 1.54) is 19.4 Å². The fourth-order valence-corrected chi connectivity index (χ4v) is 3.36. The molecule has 0 saturated carbocycles. The van der Waals surface area contributed by atoms with Gasteiger partial charge >= 0.3 is 0 Å². The van der Waals surface area contributed by atoms with E-state index in [0.717, 1.165) is 42.8 Å². The Morgan fingerprint density at radius 2 is 2.15 bits per heavy atom. The molecule has 0 radical (unpaired) electrons. The second-order valence-electron chi connectivity index (χ2n) is 6.43. The van der Waals surface area contributed by atoms with Crippen LogP contribution in [-0.2, 0) is 0 Å². The van der Waals surface area contributed by atoms with Crippen LogP contribution in [0.2, 0.25) is 0 Å². The zero-order valence-corrected chi connectivity index (χ0v) is 15.8. The van der Waals surface area contributed by atoms with Gasteiger partial charge in [0, 0.05) is 18.7 Å². The quantitative estimate of drug-likeness (QED) is 0.418. The van der Waals surface area contributed by atoms with Crippen LogP contribution in [0.4, 0.5) is 0 Å². The van der Waals surface area contributed by atoms with Crippen LogP contribution in [0.5, 0.6) is 17.2 Å². The van der Waals surface area contributed by atoms with Crippen molar-refractivity contribution in [2.45, 2.75) is 32.7 Å². The predicted octanol–water partition coefficient (Wildman–Crippen LogP) is 1.83. The number of ether oxygens (including phenoxy) is 3. The van der Waals surface area contributed by atoms with Gasteiger partial charge in [-0.2, -0.15) is 0 Å². The lowest BCUT2D eigenvalue weighted by Crippen LogP contribution is -2.40. The molecule has 2 N–H and O–H groups in total. The van der Waals surface area contributed by atoms with Crippen molar-refractivity contribution in [2.24, 2.45) is 4.99 Å². The third-order valence-corrected chi connectivity index (χ3v) is 4.72. The van der Waals surface area contributed by atoms with Gasteiger partial charge in [0.2, 0.25) is 6.79 Å². The molecule has 26 heavy (non-hydrogen) atoms. The zero-order valence-electron chi connectivity index (χ0n) is 15.8. The Bertz CT molecular complexity index is 608. The third-order valence-electron chi connectivity index (χ3n) is 4.72. The van der Waals surface area contributed by atoms with E-state index in [-0.39, 0.29) is 6.79 Å². The van der Waals surface area contributed by atoms with Gasteiger partial charge in [-0.25, -0.2) is 0 Å². The van der Waals surface area contributed by atoms with Gasteiger partial charge in [-0.3, -0.25) is 9.89 Å². The third kappa shape index (κ3) is 4.94. The fourth-order valence-electron chi connectivity index (χ4n) is 3.36. The number of hydrogen-bond acceptors (Lipinski definition) is 5. The Balaban J connectivity index is 1.42. The predicted molar refractivity (Wildman–Crippen MR) is 102 cm³/mol. The molecule has 0 aliphatic carbocycles. The van der Waals surface area contributed by atoms with Crippen LogP contribution in [0.15, 0.2) is 23.2 Å². The highest BCUT2D eigenvalue weighted by Gasteiger charge is 2.22. The maximum atomic E-state index is 5.78. The minimum absolute atomic E-state index is 0.277. The van der Waals surface area contributed by atoms with Crippen LogP contribution in [0.25, 0.3) is 0 Å². The fraction of sp³-hybridized carbons (Fsp3) is 0.632. The summed E-state index contributed by atoms with van der Waals surface area (Å²) in [5.74, 6) is 3.14. The van der Waals surface area contributed by atoms with Gasteiger partial charge in [-0.05, 0) is 45.0 Å². The van der Waals surface area contributed by atoms with Gasteiger partial charge in [0.1, 0.15) is 12.4 Å². The van der Waals surface area contributed by atoms with Gasteiger partial charge in [0.25, 0.3) is 0 Å². The maximum Gasteiger partial charge on any atom is 0.231 e. The minimum atomic E-state index is 0.277. The van der Waals surface area contributed by atoms with E-state index in [9.17, 15) is 0 Å². The summed E-state index contributed by atoms with van der Waals surface area (Å²) in [5.41, 5.74) is 0. The number of guanidine groups is 1. The standard InChI is InChI=1S/C19H30N4O3/c1-3-20-19(22-13-15-6-5-10-23(15)4-2)21-9-11-24-16-7-8-17-18(12-16)26-14-25-17/h7-8,12,15H,3-6,9-11,13-14H2,1-2H3,(H2,20,21,22). The molecule has 0 amide bonds. The molecule has 1 fully saturated rings. The zero-order chi connectivity index (χ0) is 18.2. The SMILES string of the molecule is CCNC(=NCC1CCCN1CC)NCCOc1ccc2c(c1)OCO2. The second-order valence-corrected chi connectivity index (χ2v) is 6.43. The van der Waals surface area contributed by atoms with Crippen molar-refractivity contribution in [1.29, 1.82) is 0 Å². The number of hydrogen-bond donors (Lipinski definition) is 2. The summed E-state index contributed by atoms with van der Waals surface area (Å²) < 4.78 is 16.5. The molecule has 7 nitrogen and oxygen atoms in total. The lowest BCUT2D eigenvalue weighted by atomic mass is 10.2. The first-order valence-electron chi connectivity index (χ1n) is 9.58. The molecule has 1 saturated heterocycles. The maximum absolute atomic E-state index is 5.78. The number of fused-ring (bicyclic) bond motifs is 1. The van der Waals surface area contributed by atoms with Crippen LogP contribution in [0, 0.1) is 0 Å². The first kappa shape index (κ1) is 18.6. The van der Waals surface area contributed by atoms with Crippen LogP contribution < -0.4 is 24.8 Å². The number of likely N-dealkylation sites (tertiary alicyclic amines) is 1. The summed E-state index contributed by atoms with van der Waals surface area (Å²) in [6.07, 6.45) is 2.52. The summed E-state index contributed by atoms with van der Waals surface area (Å²) >= 11 is 0. The Labute approximate surface area is 155 Å². The molecule has 1 atom stereocenters. The minimum Gasteiger partial charge on any atom is -0.492 e. The molecule has 2 heterocycles. The van der Waals surface area contributed by atoms with Crippen molar-refractivity contribution in [3.63, 3.8) is 0 Å². The molecule has 3 rings (SSSR count). The monoisotopic (exact) mass is 362 g/mol. The van der Waals surface area contributed by atoms with E-state index in [4.69, 9.17) is 19.2 Å². The molecule has 0 aromatic heterocycles. The molecule has 1 aromatic rings. The summed E-state index contributed by atoms with van der Waals surface area (Å²) in [6, 6.07) is 6.20.